The highest BCUT2D eigenvalue weighted by molar-refractivity contribution is 6.32. The summed E-state index contributed by atoms with van der Waals surface area (Å²) < 4.78 is 11.3. The Labute approximate surface area is 107 Å². The average molecular weight is 256 g/mol. The zero-order valence-corrected chi connectivity index (χ0v) is 11.4. The zero-order valence-electron chi connectivity index (χ0n) is 10.6. The van der Waals surface area contributed by atoms with Crippen LogP contribution in [0.15, 0.2) is 6.07 Å². The number of halogens is 1. The predicted molar refractivity (Wildman–Crippen MR) is 68.8 cm³/mol. The van der Waals surface area contributed by atoms with Crippen molar-refractivity contribution in [3.8, 4) is 5.75 Å². The molecule has 1 aromatic carbocycles. The number of aryl methyl sites for hydroxylation is 1. The lowest BCUT2D eigenvalue weighted by atomic mass is 9.99. The topological polar surface area (TPSA) is 30.5 Å². The first-order valence-corrected chi connectivity index (χ1v) is 6.14. The minimum atomic E-state index is 0.0121. The summed E-state index contributed by atoms with van der Waals surface area (Å²) in [6.45, 7) is 6.78. The quantitative estimate of drug-likeness (QED) is 0.881. The summed E-state index contributed by atoms with van der Waals surface area (Å²) in [6, 6.07) is 1.97. The van der Waals surface area contributed by atoms with Gasteiger partial charge in [-0.2, -0.15) is 0 Å². The van der Waals surface area contributed by atoms with Gasteiger partial charge in [-0.1, -0.05) is 11.6 Å². The molecule has 0 spiro atoms. The van der Waals surface area contributed by atoms with E-state index in [0.717, 1.165) is 34.0 Å². The first kappa shape index (κ1) is 12.7. The van der Waals surface area contributed by atoms with E-state index in [0.29, 0.717) is 0 Å². The smallest absolute Gasteiger partial charge is 0.125 e. The van der Waals surface area contributed by atoms with Gasteiger partial charge in [0.25, 0.3) is 0 Å². The Morgan fingerprint density at radius 1 is 1.47 bits per heavy atom. The number of ether oxygens (including phenoxy) is 2. The van der Waals surface area contributed by atoms with Crippen molar-refractivity contribution >= 4 is 11.6 Å². The number of nitrogens with one attached hydrogen (secondary N) is 1. The van der Waals surface area contributed by atoms with Crippen molar-refractivity contribution in [1.82, 2.24) is 5.32 Å². The summed E-state index contributed by atoms with van der Waals surface area (Å²) in [4.78, 5) is 0. The third-order valence-corrected chi connectivity index (χ3v) is 3.78. The SMILES string of the molecule is COc1cc(C)c(Cl)c(C)c1C1CNC(C)O1. The number of hydrogen-bond acceptors (Lipinski definition) is 3. The van der Waals surface area contributed by atoms with Crippen LogP contribution in [-0.4, -0.2) is 19.9 Å². The second-order valence-electron chi connectivity index (χ2n) is 4.42. The number of rotatable bonds is 2. The summed E-state index contributed by atoms with van der Waals surface area (Å²) in [5.41, 5.74) is 3.13. The molecule has 2 atom stereocenters. The molecular weight excluding hydrogens is 238 g/mol. The first-order chi connectivity index (χ1) is 8.04. The van der Waals surface area contributed by atoms with Crippen LogP contribution in [0.1, 0.15) is 29.7 Å². The molecule has 94 valence electrons. The van der Waals surface area contributed by atoms with E-state index in [2.05, 4.69) is 5.32 Å². The fourth-order valence-electron chi connectivity index (χ4n) is 2.29. The Hall–Kier alpha value is -0.770. The molecule has 3 nitrogen and oxygen atoms in total. The number of benzene rings is 1. The second-order valence-corrected chi connectivity index (χ2v) is 4.80. The predicted octanol–water partition coefficient (Wildman–Crippen LogP) is 2.97. The van der Waals surface area contributed by atoms with Crippen LogP contribution in [0.4, 0.5) is 0 Å². The highest BCUT2D eigenvalue weighted by atomic mass is 35.5. The van der Waals surface area contributed by atoms with Gasteiger partial charge in [0, 0.05) is 17.1 Å². The van der Waals surface area contributed by atoms with Gasteiger partial charge in [0.2, 0.25) is 0 Å². The number of hydrogen-bond donors (Lipinski definition) is 1. The summed E-state index contributed by atoms with van der Waals surface area (Å²) >= 11 is 6.30. The monoisotopic (exact) mass is 255 g/mol. The average Bonchev–Trinajstić information content (AvgIpc) is 2.71. The fraction of sp³-hybridized carbons (Fsp3) is 0.538. The van der Waals surface area contributed by atoms with Crippen molar-refractivity contribution in [2.24, 2.45) is 0 Å². The van der Waals surface area contributed by atoms with E-state index in [4.69, 9.17) is 21.1 Å². The molecule has 2 unspecified atom stereocenters. The molecule has 1 aromatic rings. The largest absolute Gasteiger partial charge is 0.496 e. The summed E-state index contributed by atoms with van der Waals surface area (Å²) in [7, 11) is 1.68. The molecule has 0 radical (unpaired) electrons. The lowest BCUT2D eigenvalue weighted by Gasteiger charge is -2.19. The van der Waals surface area contributed by atoms with Crippen LogP contribution in [0.5, 0.6) is 5.75 Å². The van der Waals surface area contributed by atoms with Crippen LogP contribution in [-0.2, 0) is 4.74 Å². The van der Waals surface area contributed by atoms with E-state index in [1.807, 2.05) is 26.8 Å². The van der Waals surface area contributed by atoms with E-state index in [1.165, 1.54) is 0 Å². The number of methoxy groups -OCH3 is 1. The standard InChI is InChI=1S/C13H18ClNO2/c1-7-5-10(16-4)12(8(2)13(7)14)11-6-15-9(3)17-11/h5,9,11,15H,6H2,1-4H3. The highest BCUT2D eigenvalue weighted by Crippen LogP contribution is 2.38. The molecule has 0 aromatic heterocycles. The van der Waals surface area contributed by atoms with E-state index >= 15 is 0 Å². The molecule has 17 heavy (non-hydrogen) atoms. The van der Waals surface area contributed by atoms with E-state index in [9.17, 15) is 0 Å². The molecule has 1 aliphatic heterocycles. The van der Waals surface area contributed by atoms with E-state index in [1.54, 1.807) is 7.11 Å². The van der Waals surface area contributed by atoms with Gasteiger partial charge in [-0.3, -0.25) is 5.32 Å². The van der Waals surface area contributed by atoms with Gasteiger partial charge >= 0.3 is 0 Å². The lowest BCUT2D eigenvalue weighted by molar-refractivity contribution is 0.0512. The Morgan fingerprint density at radius 3 is 2.71 bits per heavy atom. The van der Waals surface area contributed by atoms with Crippen LogP contribution in [0, 0.1) is 13.8 Å². The van der Waals surface area contributed by atoms with Gasteiger partial charge < -0.3 is 9.47 Å². The molecule has 0 aliphatic carbocycles. The Morgan fingerprint density at radius 2 is 2.18 bits per heavy atom. The normalized spacial score (nSPS) is 24.1. The molecule has 1 heterocycles. The Kier molecular flexibility index (Phi) is 3.61. The summed E-state index contributed by atoms with van der Waals surface area (Å²) in [5.74, 6) is 0.852. The molecule has 2 rings (SSSR count). The van der Waals surface area contributed by atoms with E-state index < -0.39 is 0 Å². The maximum atomic E-state index is 6.30. The van der Waals surface area contributed by atoms with Crippen LogP contribution in [0.2, 0.25) is 5.02 Å². The van der Waals surface area contributed by atoms with Crippen LogP contribution in [0.25, 0.3) is 0 Å². The fourth-order valence-corrected chi connectivity index (χ4v) is 2.45. The summed E-state index contributed by atoms with van der Waals surface area (Å²) in [5, 5.41) is 4.06. The van der Waals surface area contributed by atoms with Crippen LogP contribution < -0.4 is 10.1 Å². The second kappa shape index (κ2) is 4.84. The van der Waals surface area contributed by atoms with E-state index in [-0.39, 0.29) is 12.3 Å². The van der Waals surface area contributed by atoms with Gasteiger partial charge in [-0.15, -0.1) is 0 Å². The van der Waals surface area contributed by atoms with Crippen LogP contribution in [0.3, 0.4) is 0 Å². The maximum Gasteiger partial charge on any atom is 0.125 e. The van der Waals surface area contributed by atoms with Crippen molar-refractivity contribution in [1.29, 1.82) is 0 Å². The third kappa shape index (κ3) is 2.28. The van der Waals surface area contributed by atoms with Crippen molar-refractivity contribution in [2.45, 2.75) is 33.1 Å². The highest BCUT2D eigenvalue weighted by Gasteiger charge is 2.28. The maximum absolute atomic E-state index is 6.30. The summed E-state index contributed by atoms with van der Waals surface area (Å²) in [6.07, 6.45) is 0.0854. The zero-order chi connectivity index (χ0) is 12.6. The molecule has 0 bridgehead atoms. The minimum Gasteiger partial charge on any atom is -0.496 e. The van der Waals surface area contributed by atoms with Crippen molar-refractivity contribution in [3.05, 3.63) is 27.8 Å². The van der Waals surface area contributed by atoms with Crippen molar-refractivity contribution in [3.63, 3.8) is 0 Å². The van der Waals surface area contributed by atoms with Gasteiger partial charge in [0.1, 0.15) is 18.1 Å². The molecule has 1 N–H and O–H groups in total. The lowest BCUT2D eigenvalue weighted by Crippen LogP contribution is -2.17. The van der Waals surface area contributed by atoms with Gasteiger partial charge in [-0.05, 0) is 38.0 Å². The third-order valence-electron chi connectivity index (χ3n) is 3.19. The molecule has 0 amide bonds. The Bertz CT molecular complexity index is 434. The molecule has 1 saturated heterocycles. The molecule has 4 heteroatoms. The molecule has 1 fully saturated rings. The van der Waals surface area contributed by atoms with Crippen molar-refractivity contribution in [2.75, 3.05) is 13.7 Å². The van der Waals surface area contributed by atoms with Gasteiger partial charge in [0.15, 0.2) is 0 Å². The minimum absolute atomic E-state index is 0.0121. The van der Waals surface area contributed by atoms with Crippen molar-refractivity contribution < 1.29 is 9.47 Å². The Balaban J connectivity index is 2.48. The molecule has 1 aliphatic rings. The first-order valence-electron chi connectivity index (χ1n) is 5.77. The van der Waals surface area contributed by atoms with Crippen LogP contribution >= 0.6 is 11.6 Å². The van der Waals surface area contributed by atoms with Gasteiger partial charge in [-0.25, -0.2) is 0 Å². The molecule has 0 saturated carbocycles. The van der Waals surface area contributed by atoms with Gasteiger partial charge in [0.05, 0.1) is 7.11 Å². The molecular formula is C13H18ClNO2.